The Labute approximate surface area is 211 Å². The van der Waals surface area contributed by atoms with Crippen molar-refractivity contribution in [1.29, 1.82) is 0 Å². The number of halogens is 1. The molecular formula is C27H21FN6O2S. The molecule has 0 spiro atoms. The number of benzene rings is 1. The monoisotopic (exact) mass is 512 g/mol. The van der Waals surface area contributed by atoms with Crippen LogP contribution in [0.25, 0.3) is 56.0 Å². The van der Waals surface area contributed by atoms with E-state index < -0.39 is 15.7 Å². The van der Waals surface area contributed by atoms with Gasteiger partial charge in [0.1, 0.15) is 26.9 Å². The van der Waals surface area contributed by atoms with Crippen LogP contribution < -0.4 is 0 Å². The first-order valence-electron chi connectivity index (χ1n) is 11.6. The highest BCUT2D eigenvalue weighted by Gasteiger charge is 2.17. The number of pyridine rings is 3. The van der Waals surface area contributed by atoms with Gasteiger partial charge in [0.25, 0.3) is 0 Å². The Morgan fingerprint density at radius 1 is 0.892 bits per heavy atom. The van der Waals surface area contributed by atoms with Crippen molar-refractivity contribution in [3.63, 3.8) is 0 Å². The summed E-state index contributed by atoms with van der Waals surface area (Å²) in [5, 5.41) is 8.31. The third-order valence-electron chi connectivity index (χ3n) is 6.13. The number of fused-ring (bicyclic) bond motifs is 2. The zero-order chi connectivity index (χ0) is 25.6. The predicted octanol–water partition coefficient (Wildman–Crippen LogP) is 4.96. The molecule has 0 amide bonds. The van der Waals surface area contributed by atoms with Gasteiger partial charge in [0.05, 0.1) is 34.0 Å². The van der Waals surface area contributed by atoms with Crippen LogP contribution in [0.4, 0.5) is 4.39 Å². The van der Waals surface area contributed by atoms with Gasteiger partial charge in [-0.1, -0.05) is 6.07 Å². The molecule has 0 bridgehead atoms. The van der Waals surface area contributed by atoms with E-state index in [1.165, 1.54) is 18.4 Å². The molecule has 0 saturated heterocycles. The van der Waals surface area contributed by atoms with Crippen molar-refractivity contribution in [1.82, 2.24) is 30.1 Å². The number of nitrogens with one attached hydrogen (secondary N) is 2. The number of nitrogens with zero attached hydrogens (tertiary/aromatic N) is 4. The van der Waals surface area contributed by atoms with Crippen LogP contribution in [-0.4, -0.2) is 50.6 Å². The molecule has 0 unspecified atom stereocenters. The van der Waals surface area contributed by atoms with Crippen LogP contribution in [0.3, 0.4) is 0 Å². The third-order valence-corrected chi connectivity index (χ3v) is 7.08. The number of H-pyrrole nitrogens is 2. The van der Waals surface area contributed by atoms with E-state index in [2.05, 4.69) is 25.1 Å². The normalized spacial score (nSPS) is 11.9. The Morgan fingerprint density at radius 3 is 2.59 bits per heavy atom. The molecule has 8 nitrogen and oxygen atoms in total. The van der Waals surface area contributed by atoms with E-state index >= 15 is 0 Å². The van der Waals surface area contributed by atoms with Crippen molar-refractivity contribution in [2.45, 2.75) is 6.42 Å². The fourth-order valence-corrected chi connectivity index (χ4v) is 5.00. The van der Waals surface area contributed by atoms with Crippen LogP contribution >= 0.6 is 0 Å². The molecule has 6 aromatic rings. The summed E-state index contributed by atoms with van der Waals surface area (Å²) in [5.41, 5.74) is 6.90. The molecule has 0 aliphatic heterocycles. The second-order valence-corrected chi connectivity index (χ2v) is 11.2. The van der Waals surface area contributed by atoms with Gasteiger partial charge in [0.2, 0.25) is 0 Å². The highest BCUT2D eigenvalue weighted by Crippen LogP contribution is 2.33. The summed E-state index contributed by atoms with van der Waals surface area (Å²) in [4.78, 5) is 17.1. The zero-order valence-electron chi connectivity index (χ0n) is 19.7. The van der Waals surface area contributed by atoms with Crippen LogP contribution in [0.1, 0.15) is 5.56 Å². The number of aromatic nitrogens is 6. The fourth-order valence-electron chi connectivity index (χ4n) is 4.39. The number of sulfone groups is 1. The largest absolute Gasteiger partial charge is 0.353 e. The quantitative estimate of drug-likeness (QED) is 0.326. The minimum Gasteiger partial charge on any atom is -0.353 e. The summed E-state index contributed by atoms with van der Waals surface area (Å²) in [6, 6.07) is 17.8. The highest BCUT2D eigenvalue weighted by molar-refractivity contribution is 7.90. The first kappa shape index (κ1) is 23.0. The molecule has 0 aliphatic carbocycles. The maximum absolute atomic E-state index is 14.5. The minimum atomic E-state index is -3.17. The summed E-state index contributed by atoms with van der Waals surface area (Å²) in [5.74, 6) is -0.498. The average Bonchev–Trinajstić information content (AvgIpc) is 3.51. The molecule has 0 fully saturated rings. The first-order chi connectivity index (χ1) is 17.8. The molecule has 5 heterocycles. The molecule has 6 rings (SSSR count). The topological polar surface area (TPSA) is 117 Å². The maximum Gasteiger partial charge on any atom is 0.147 e. The van der Waals surface area contributed by atoms with E-state index in [-0.39, 0.29) is 12.2 Å². The number of aryl methyl sites for hydroxylation is 1. The molecule has 184 valence electrons. The van der Waals surface area contributed by atoms with Crippen molar-refractivity contribution in [2.24, 2.45) is 0 Å². The Hall–Kier alpha value is -4.44. The molecular weight excluding hydrogens is 491 g/mol. The molecule has 2 N–H and O–H groups in total. The van der Waals surface area contributed by atoms with E-state index in [1.54, 1.807) is 18.5 Å². The Kier molecular flexibility index (Phi) is 5.53. The summed E-state index contributed by atoms with van der Waals surface area (Å²) in [6.07, 6.45) is 4.77. The van der Waals surface area contributed by atoms with Crippen molar-refractivity contribution < 1.29 is 12.8 Å². The van der Waals surface area contributed by atoms with Crippen LogP contribution in [0.15, 0.2) is 73.1 Å². The van der Waals surface area contributed by atoms with Gasteiger partial charge in [-0.2, -0.15) is 5.10 Å². The van der Waals surface area contributed by atoms with Gasteiger partial charge in [-0.15, -0.1) is 0 Å². The highest BCUT2D eigenvalue weighted by atomic mass is 32.2. The summed E-state index contributed by atoms with van der Waals surface area (Å²) < 4.78 is 37.7. The van der Waals surface area contributed by atoms with Crippen LogP contribution in [-0.2, 0) is 16.3 Å². The van der Waals surface area contributed by atoms with Gasteiger partial charge in [-0.3, -0.25) is 15.1 Å². The van der Waals surface area contributed by atoms with Gasteiger partial charge >= 0.3 is 0 Å². The van der Waals surface area contributed by atoms with Crippen molar-refractivity contribution in [3.8, 4) is 34.0 Å². The third kappa shape index (κ3) is 4.58. The molecule has 37 heavy (non-hydrogen) atoms. The molecule has 0 atom stereocenters. The predicted molar refractivity (Wildman–Crippen MR) is 141 cm³/mol. The average molecular weight is 513 g/mol. The van der Waals surface area contributed by atoms with Gasteiger partial charge in [-0.25, -0.2) is 17.8 Å². The molecule has 5 aromatic heterocycles. The zero-order valence-corrected chi connectivity index (χ0v) is 20.6. The Morgan fingerprint density at radius 2 is 1.78 bits per heavy atom. The number of aromatic amines is 2. The van der Waals surface area contributed by atoms with E-state index in [9.17, 15) is 12.8 Å². The summed E-state index contributed by atoms with van der Waals surface area (Å²) in [6.45, 7) is 0. The lowest BCUT2D eigenvalue weighted by atomic mass is 10.0. The van der Waals surface area contributed by atoms with Gasteiger partial charge in [0, 0.05) is 35.1 Å². The number of hydrogen-bond acceptors (Lipinski definition) is 6. The van der Waals surface area contributed by atoms with Gasteiger partial charge in [0.15, 0.2) is 0 Å². The van der Waals surface area contributed by atoms with E-state index in [0.717, 1.165) is 33.5 Å². The van der Waals surface area contributed by atoms with E-state index in [1.807, 2.05) is 42.5 Å². The van der Waals surface area contributed by atoms with Gasteiger partial charge < -0.3 is 4.98 Å². The van der Waals surface area contributed by atoms with Crippen molar-refractivity contribution in [2.75, 3.05) is 12.0 Å². The first-order valence-corrected chi connectivity index (χ1v) is 13.6. The lowest BCUT2D eigenvalue weighted by Crippen LogP contribution is -2.06. The van der Waals surface area contributed by atoms with E-state index in [4.69, 9.17) is 4.98 Å². The maximum atomic E-state index is 14.5. The molecule has 0 radical (unpaired) electrons. The molecule has 10 heteroatoms. The van der Waals surface area contributed by atoms with Crippen LogP contribution in [0.2, 0.25) is 0 Å². The standard InChI is InChI=1S/C27H21FN6O2S/c1-37(35,36)11-8-16-12-17(14-18(28)13-16)25-19-15-24(31-20(19)7-10-30-25)27-26-23(33-34-27)6-5-22(32-26)21-4-2-3-9-29-21/h2-7,9-10,12-15,31H,8,11H2,1H3,(H,33,34). The summed E-state index contributed by atoms with van der Waals surface area (Å²) >= 11 is 0. The van der Waals surface area contributed by atoms with Crippen LogP contribution in [0.5, 0.6) is 0 Å². The molecule has 0 saturated carbocycles. The van der Waals surface area contributed by atoms with Crippen LogP contribution in [0, 0.1) is 5.82 Å². The second-order valence-electron chi connectivity index (χ2n) is 8.91. The van der Waals surface area contributed by atoms with E-state index in [0.29, 0.717) is 28.0 Å². The minimum absolute atomic E-state index is 0.0540. The van der Waals surface area contributed by atoms with Gasteiger partial charge in [-0.05, 0) is 66.6 Å². The molecule has 0 aliphatic rings. The smallest absolute Gasteiger partial charge is 0.147 e. The fraction of sp³-hybridized carbons (Fsp3) is 0.111. The Bertz CT molecular complexity index is 1880. The number of rotatable bonds is 6. The van der Waals surface area contributed by atoms with Crippen molar-refractivity contribution >= 4 is 31.8 Å². The lowest BCUT2D eigenvalue weighted by molar-refractivity contribution is 0.600. The summed E-state index contributed by atoms with van der Waals surface area (Å²) in [7, 11) is -3.17. The van der Waals surface area contributed by atoms with Crippen molar-refractivity contribution in [3.05, 3.63) is 84.4 Å². The Balaban J connectivity index is 1.44. The SMILES string of the molecule is CS(=O)(=O)CCc1cc(F)cc(-c2nccc3[nH]c(-c4n[nH]c5ccc(-c6ccccn6)nc45)cc23)c1. The molecule has 1 aromatic carbocycles. The number of hydrogen-bond donors (Lipinski definition) is 2. The lowest BCUT2D eigenvalue weighted by Gasteiger charge is -2.07. The second kappa shape index (κ2) is 8.90.